The highest BCUT2D eigenvalue weighted by Crippen LogP contribution is 2.33. The van der Waals surface area contributed by atoms with Crippen molar-refractivity contribution >= 4 is 0 Å². The molecule has 2 saturated heterocycles. The molecule has 3 heteroatoms. The molecule has 0 radical (unpaired) electrons. The van der Waals surface area contributed by atoms with Crippen LogP contribution in [0.2, 0.25) is 0 Å². The van der Waals surface area contributed by atoms with Crippen molar-refractivity contribution in [3.8, 4) is 5.75 Å². The molecule has 1 aromatic rings. The van der Waals surface area contributed by atoms with Crippen LogP contribution in [0.5, 0.6) is 5.75 Å². The number of rotatable bonds is 3. The lowest BCUT2D eigenvalue weighted by atomic mass is 9.96. The number of phenolic OH excluding ortho intramolecular Hbond substituents is 1. The Labute approximate surface area is 115 Å². The number of phenols is 1. The molecule has 3 unspecified atom stereocenters. The third-order valence-electron chi connectivity index (χ3n) is 5.01. The fourth-order valence-corrected chi connectivity index (χ4v) is 3.66. The Morgan fingerprint density at radius 2 is 1.74 bits per heavy atom. The summed E-state index contributed by atoms with van der Waals surface area (Å²) in [5.74, 6) is 0.346. The average Bonchev–Trinajstić information content (AvgIpc) is 2.76. The van der Waals surface area contributed by atoms with E-state index in [1.54, 1.807) is 12.1 Å². The molecule has 0 aromatic heterocycles. The van der Waals surface area contributed by atoms with Gasteiger partial charge >= 0.3 is 0 Å². The van der Waals surface area contributed by atoms with Crippen molar-refractivity contribution in [3.63, 3.8) is 0 Å². The SMILES string of the molecule is CC(c1ccc(O)cc1)N(C)C1CC2CCC(C1)N2. The summed E-state index contributed by atoms with van der Waals surface area (Å²) in [6.07, 6.45) is 5.25. The molecule has 104 valence electrons. The molecule has 3 atom stereocenters. The van der Waals surface area contributed by atoms with E-state index >= 15 is 0 Å². The topological polar surface area (TPSA) is 35.5 Å². The normalized spacial score (nSPS) is 31.6. The Morgan fingerprint density at radius 1 is 1.16 bits per heavy atom. The monoisotopic (exact) mass is 260 g/mol. The van der Waals surface area contributed by atoms with Crippen molar-refractivity contribution in [1.82, 2.24) is 10.2 Å². The number of hydrogen-bond donors (Lipinski definition) is 2. The zero-order chi connectivity index (χ0) is 13.4. The van der Waals surface area contributed by atoms with Gasteiger partial charge in [0.05, 0.1) is 0 Å². The minimum Gasteiger partial charge on any atom is -0.508 e. The van der Waals surface area contributed by atoms with Crippen LogP contribution in [0.1, 0.15) is 44.2 Å². The van der Waals surface area contributed by atoms with Crippen molar-refractivity contribution in [1.29, 1.82) is 0 Å². The van der Waals surface area contributed by atoms with Gasteiger partial charge < -0.3 is 10.4 Å². The molecule has 1 aromatic carbocycles. The van der Waals surface area contributed by atoms with Crippen LogP contribution < -0.4 is 5.32 Å². The predicted molar refractivity (Wildman–Crippen MR) is 77.3 cm³/mol. The highest BCUT2D eigenvalue weighted by atomic mass is 16.3. The summed E-state index contributed by atoms with van der Waals surface area (Å²) >= 11 is 0. The second-order valence-electron chi connectivity index (χ2n) is 6.20. The van der Waals surface area contributed by atoms with E-state index < -0.39 is 0 Å². The van der Waals surface area contributed by atoms with Crippen molar-refractivity contribution in [2.45, 2.75) is 56.8 Å². The molecular formula is C16H24N2O. The lowest BCUT2D eigenvalue weighted by molar-refractivity contribution is 0.132. The zero-order valence-corrected chi connectivity index (χ0v) is 11.8. The van der Waals surface area contributed by atoms with E-state index in [4.69, 9.17) is 0 Å². The first-order valence-corrected chi connectivity index (χ1v) is 7.40. The Kier molecular flexibility index (Phi) is 3.50. The van der Waals surface area contributed by atoms with E-state index in [1.807, 2.05) is 12.1 Å². The summed E-state index contributed by atoms with van der Waals surface area (Å²) in [5.41, 5.74) is 1.28. The number of fused-ring (bicyclic) bond motifs is 2. The Morgan fingerprint density at radius 3 is 2.32 bits per heavy atom. The van der Waals surface area contributed by atoms with Gasteiger partial charge in [-0.25, -0.2) is 0 Å². The fourth-order valence-electron chi connectivity index (χ4n) is 3.66. The van der Waals surface area contributed by atoms with Gasteiger partial charge in [0.2, 0.25) is 0 Å². The van der Waals surface area contributed by atoms with Gasteiger partial charge in [-0.15, -0.1) is 0 Å². The van der Waals surface area contributed by atoms with E-state index in [-0.39, 0.29) is 0 Å². The number of hydrogen-bond acceptors (Lipinski definition) is 3. The van der Waals surface area contributed by atoms with Crippen LogP contribution in [-0.4, -0.2) is 35.2 Å². The lowest BCUT2D eigenvalue weighted by Crippen LogP contribution is -2.47. The van der Waals surface area contributed by atoms with Crippen LogP contribution in [0.15, 0.2) is 24.3 Å². The van der Waals surface area contributed by atoms with Gasteiger partial charge in [0.25, 0.3) is 0 Å². The smallest absolute Gasteiger partial charge is 0.115 e. The molecule has 2 heterocycles. The van der Waals surface area contributed by atoms with Gasteiger partial charge in [0.15, 0.2) is 0 Å². The van der Waals surface area contributed by atoms with Gasteiger partial charge in [0, 0.05) is 24.2 Å². The third kappa shape index (κ3) is 2.63. The molecule has 0 aliphatic carbocycles. The molecule has 3 nitrogen and oxygen atoms in total. The number of nitrogens with one attached hydrogen (secondary N) is 1. The fraction of sp³-hybridized carbons (Fsp3) is 0.625. The first-order valence-electron chi connectivity index (χ1n) is 7.40. The lowest BCUT2D eigenvalue weighted by Gasteiger charge is -2.39. The molecule has 3 rings (SSSR count). The Bertz CT molecular complexity index is 419. The van der Waals surface area contributed by atoms with E-state index in [0.717, 1.165) is 12.1 Å². The highest BCUT2D eigenvalue weighted by Gasteiger charge is 2.36. The van der Waals surface area contributed by atoms with E-state index in [2.05, 4.69) is 24.2 Å². The van der Waals surface area contributed by atoms with Gasteiger partial charge in [0.1, 0.15) is 5.75 Å². The Hall–Kier alpha value is -1.06. The van der Waals surface area contributed by atoms with E-state index in [1.165, 1.54) is 31.2 Å². The standard InChI is InChI=1S/C16H24N2O/c1-11(12-3-7-16(19)8-4-12)18(2)15-9-13-5-6-14(10-15)17-13/h3-4,7-8,11,13-15,17,19H,5-6,9-10H2,1-2H3. The maximum atomic E-state index is 9.38. The quantitative estimate of drug-likeness (QED) is 0.877. The van der Waals surface area contributed by atoms with Crippen molar-refractivity contribution in [3.05, 3.63) is 29.8 Å². The molecule has 2 bridgehead atoms. The largest absolute Gasteiger partial charge is 0.508 e. The minimum atomic E-state index is 0.346. The molecule has 2 fully saturated rings. The molecule has 0 spiro atoms. The zero-order valence-electron chi connectivity index (χ0n) is 11.8. The maximum Gasteiger partial charge on any atom is 0.115 e. The highest BCUT2D eigenvalue weighted by molar-refractivity contribution is 5.27. The third-order valence-corrected chi connectivity index (χ3v) is 5.01. The van der Waals surface area contributed by atoms with Crippen molar-refractivity contribution < 1.29 is 5.11 Å². The number of piperidine rings is 1. The first-order chi connectivity index (χ1) is 9.13. The van der Waals surface area contributed by atoms with Crippen LogP contribution in [0.25, 0.3) is 0 Å². The molecule has 2 N–H and O–H groups in total. The molecule has 2 aliphatic heterocycles. The van der Waals surface area contributed by atoms with Crippen LogP contribution >= 0.6 is 0 Å². The van der Waals surface area contributed by atoms with Crippen LogP contribution in [0.3, 0.4) is 0 Å². The van der Waals surface area contributed by atoms with Crippen LogP contribution in [0, 0.1) is 0 Å². The molecule has 0 saturated carbocycles. The van der Waals surface area contributed by atoms with Gasteiger partial charge in [-0.1, -0.05) is 12.1 Å². The van der Waals surface area contributed by atoms with Crippen LogP contribution in [0.4, 0.5) is 0 Å². The molecule has 2 aliphatic rings. The van der Waals surface area contributed by atoms with E-state index in [0.29, 0.717) is 17.8 Å². The van der Waals surface area contributed by atoms with Gasteiger partial charge in [-0.2, -0.15) is 0 Å². The first kappa shape index (κ1) is 12.9. The van der Waals surface area contributed by atoms with Crippen molar-refractivity contribution in [2.75, 3.05) is 7.05 Å². The minimum absolute atomic E-state index is 0.346. The maximum absolute atomic E-state index is 9.38. The summed E-state index contributed by atoms with van der Waals surface area (Å²) in [4.78, 5) is 2.51. The number of nitrogens with zero attached hydrogens (tertiary/aromatic N) is 1. The van der Waals surface area contributed by atoms with Gasteiger partial charge in [-0.05, 0) is 57.4 Å². The summed E-state index contributed by atoms with van der Waals surface area (Å²) < 4.78 is 0. The second kappa shape index (κ2) is 5.14. The Balaban J connectivity index is 1.69. The summed E-state index contributed by atoms with van der Waals surface area (Å²) in [7, 11) is 2.24. The van der Waals surface area contributed by atoms with Gasteiger partial charge in [-0.3, -0.25) is 4.90 Å². The van der Waals surface area contributed by atoms with Crippen molar-refractivity contribution in [2.24, 2.45) is 0 Å². The predicted octanol–water partition coefficient (Wildman–Crippen LogP) is 2.67. The summed E-state index contributed by atoms with van der Waals surface area (Å²) in [5, 5.41) is 13.1. The average molecular weight is 260 g/mol. The van der Waals surface area contributed by atoms with Crippen LogP contribution in [-0.2, 0) is 0 Å². The van der Waals surface area contributed by atoms with E-state index in [9.17, 15) is 5.11 Å². The molecule has 19 heavy (non-hydrogen) atoms. The molecule has 0 amide bonds. The summed E-state index contributed by atoms with van der Waals surface area (Å²) in [6, 6.07) is 10.2. The number of aromatic hydroxyl groups is 1. The molecular weight excluding hydrogens is 236 g/mol. The number of benzene rings is 1. The second-order valence-corrected chi connectivity index (χ2v) is 6.20. The summed E-state index contributed by atoms with van der Waals surface area (Å²) in [6.45, 7) is 2.26.